The zero-order valence-corrected chi connectivity index (χ0v) is 19.9. The second kappa shape index (κ2) is 9.03. The van der Waals surface area contributed by atoms with Gasteiger partial charge in [-0.3, -0.25) is 14.2 Å². The molecule has 1 amide bonds. The molecule has 1 aromatic heterocycles. The van der Waals surface area contributed by atoms with Crippen LogP contribution in [0, 0.1) is 11.8 Å². The highest BCUT2D eigenvalue weighted by atomic mass is 32.2. The lowest BCUT2D eigenvalue weighted by Crippen LogP contribution is -2.46. The maximum atomic E-state index is 13.2. The van der Waals surface area contributed by atoms with Gasteiger partial charge in [0.1, 0.15) is 0 Å². The van der Waals surface area contributed by atoms with Crippen molar-refractivity contribution in [1.82, 2.24) is 13.8 Å². The first-order valence-electron chi connectivity index (χ1n) is 11.2. The molecule has 2 aliphatic rings. The molecule has 0 N–H and O–H groups in total. The second-order valence-corrected chi connectivity index (χ2v) is 11.8. The maximum Gasteiger partial charge on any atom is 0.308 e. The molecule has 1 aromatic carbocycles. The van der Waals surface area contributed by atoms with E-state index in [-0.39, 0.29) is 21.6 Å². The van der Waals surface area contributed by atoms with E-state index in [0.29, 0.717) is 43.1 Å². The number of piperidine rings is 2. The summed E-state index contributed by atoms with van der Waals surface area (Å²) in [4.78, 5) is 27.2. The van der Waals surface area contributed by atoms with E-state index in [1.165, 1.54) is 4.31 Å². The van der Waals surface area contributed by atoms with Crippen LogP contribution in [0.2, 0.25) is 0 Å². The van der Waals surface area contributed by atoms with Gasteiger partial charge in [-0.25, -0.2) is 8.42 Å². The summed E-state index contributed by atoms with van der Waals surface area (Å²) in [6.45, 7) is 7.21. The molecule has 0 saturated carbocycles. The highest BCUT2D eigenvalue weighted by Crippen LogP contribution is 2.29. The number of aromatic nitrogens is 1. The number of aryl methyl sites for hydroxylation is 1. The minimum atomic E-state index is -3.65. The van der Waals surface area contributed by atoms with Crippen molar-refractivity contribution in [3.05, 3.63) is 27.9 Å². The largest absolute Gasteiger partial charge is 0.342 e. The molecular weight excluding hydrogens is 434 g/mol. The Morgan fingerprint density at radius 3 is 2.42 bits per heavy atom. The third-order valence-electron chi connectivity index (χ3n) is 6.62. The summed E-state index contributed by atoms with van der Waals surface area (Å²) >= 11 is 1.09. The Kier molecular flexibility index (Phi) is 6.55. The number of carbonyl (C=O) groups excluding carboxylic acids is 1. The SMILES string of the molecule is CCCn1c(=O)sc2cc(S(=O)(=O)N3CCC(C(=O)N4CCC(C)CC4)CC3)ccc21. The average molecular weight is 466 g/mol. The predicted octanol–water partition coefficient (Wildman–Crippen LogP) is 3.13. The van der Waals surface area contributed by atoms with Crippen LogP contribution in [0.1, 0.15) is 46.0 Å². The maximum absolute atomic E-state index is 13.2. The molecule has 170 valence electrons. The van der Waals surface area contributed by atoms with E-state index >= 15 is 0 Å². The van der Waals surface area contributed by atoms with E-state index in [0.717, 1.165) is 49.2 Å². The van der Waals surface area contributed by atoms with Gasteiger partial charge < -0.3 is 4.90 Å². The summed E-state index contributed by atoms with van der Waals surface area (Å²) in [6.07, 6.45) is 4.07. The monoisotopic (exact) mass is 465 g/mol. The summed E-state index contributed by atoms with van der Waals surface area (Å²) in [5.74, 6) is 0.772. The van der Waals surface area contributed by atoms with Gasteiger partial charge in [0, 0.05) is 38.6 Å². The molecule has 0 atom stereocenters. The van der Waals surface area contributed by atoms with Gasteiger partial charge in [-0.2, -0.15) is 4.31 Å². The van der Waals surface area contributed by atoms with E-state index < -0.39 is 10.0 Å². The fourth-order valence-electron chi connectivity index (χ4n) is 4.62. The minimum absolute atomic E-state index is 0.0576. The first-order valence-corrected chi connectivity index (χ1v) is 13.5. The molecule has 2 fully saturated rings. The van der Waals surface area contributed by atoms with E-state index in [1.807, 2.05) is 11.8 Å². The number of thiazole rings is 1. The molecule has 0 bridgehead atoms. The molecule has 31 heavy (non-hydrogen) atoms. The van der Waals surface area contributed by atoms with Gasteiger partial charge in [0.2, 0.25) is 15.9 Å². The van der Waals surface area contributed by atoms with Gasteiger partial charge in [0.15, 0.2) is 0 Å². The van der Waals surface area contributed by atoms with Crippen LogP contribution < -0.4 is 4.87 Å². The van der Waals surface area contributed by atoms with Gasteiger partial charge in [-0.05, 0) is 56.2 Å². The number of amides is 1. The Morgan fingerprint density at radius 1 is 1.10 bits per heavy atom. The lowest BCUT2D eigenvalue weighted by Gasteiger charge is -2.36. The highest BCUT2D eigenvalue weighted by molar-refractivity contribution is 7.89. The quantitative estimate of drug-likeness (QED) is 0.680. The highest BCUT2D eigenvalue weighted by Gasteiger charge is 2.34. The first kappa shape index (κ1) is 22.5. The fourth-order valence-corrected chi connectivity index (χ4v) is 7.15. The van der Waals surface area contributed by atoms with E-state index in [9.17, 15) is 18.0 Å². The number of fused-ring (bicyclic) bond motifs is 1. The van der Waals surface area contributed by atoms with Crippen LogP contribution in [0.15, 0.2) is 27.9 Å². The van der Waals surface area contributed by atoms with Crippen molar-refractivity contribution >= 4 is 37.5 Å². The van der Waals surface area contributed by atoms with Crippen molar-refractivity contribution in [2.24, 2.45) is 11.8 Å². The van der Waals surface area contributed by atoms with Crippen LogP contribution in [-0.4, -0.2) is 54.3 Å². The zero-order chi connectivity index (χ0) is 22.2. The van der Waals surface area contributed by atoms with Gasteiger partial charge in [-0.15, -0.1) is 0 Å². The molecule has 2 saturated heterocycles. The summed E-state index contributed by atoms with van der Waals surface area (Å²) < 4.78 is 30.3. The number of likely N-dealkylation sites (tertiary alicyclic amines) is 1. The second-order valence-electron chi connectivity index (χ2n) is 8.84. The van der Waals surface area contributed by atoms with Crippen molar-refractivity contribution in [2.45, 2.75) is 57.4 Å². The summed E-state index contributed by atoms with van der Waals surface area (Å²) in [7, 11) is -3.65. The Bertz CT molecular complexity index is 1110. The number of hydrogen-bond donors (Lipinski definition) is 0. The van der Waals surface area contributed by atoms with E-state index in [2.05, 4.69) is 6.92 Å². The third kappa shape index (κ3) is 4.45. The van der Waals surface area contributed by atoms with Crippen LogP contribution >= 0.6 is 11.3 Å². The van der Waals surface area contributed by atoms with Crippen LogP contribution in [0.4, 0.5) is 0 Å². The summed E-state index contributed by atoms with van der Waals surface area (Å²) in [5, 5.41) is 0. The molecule has 0 aliphatic carbocycles. The predicted molar refractivity (Wildman–Crippen MR) is 123 cm³/mol. The zero-order valence-electron chi connectivity index (χ0n) is 18.2. The molecule has 0 unspecified atom stereocenters. The number of benzene rings is 1. The van der Waals surface area contributed by atoms with E-state index in [1.54, 1.807) is 22.8 Å². The summed E-state index contributed by atoms with van der Waals surface area (Å²) in [5.41, 5.74) is 0.788. The van der Waals surface area contributed by atoms with E-state index in [4.69, 9.17) is 0 Å². The third-order valence-corrected chi connectivity index (χ3v) is 9.46. The Morgan fingerprint density at radius 2 is 1.77 bits per heavy atom. The Labute approximate surface area is 187 Å². The van der Waals surface area contributed by atoms with Gasteiger partial charge in [-0.1, -0.05) is 25.2 Å². The van der Waals surface area contributed by atoms with Gasteiger partial charge in [0.25, 0.3) is 0 Å². The number of nitrogens with zero attached hydrogens (tertiary/aromatic N) is 3. The average Bonchev–Trinajstić information content (AvgIpc) is 3.08. The van der Waals surface area contributed by atoms with Crippen molar-refractivity contribution in [3.8, 4) is 0 Å². The molecule has 0 spiro atoms. The molecule has 9 heteroatoms. The minimum Gasteiger partial charge on any atom is -0.342 e. The van der Waals surface area contributed by atoms with Crippen molar-refractivity contribution in [3.63, 3.8) is 0 Å². The van der Waals surface area contributed by atoms with Crippen LogP contribution in [-0.2, 0) is 21.4 Å². The molecule has 2 aliphatic heterocycles. The topological polar surface area (TPSA) is 79.7 Å². The molecule has 4 rings (SSSR count). The Hall–Kier alpha value is -1.71. The number of hydrogen-bond acceptors (Lipinski definition) is 5. The van der Waals surface area contributed by atoms with Crippen molar-refractivity contribution < 1.29 is 13.2 Å². The lowest BCUT2D eigenvalue weighted by molar-refractivity contribution is -0.138. The van der Waals surface area contributed by atoms with Crippen LogP contribution in [0.3, 0.4) is 0 Å². The molecule has 7 nitrogen and oxygen atoms in total. The smallest absolute Gasteiger partial charge is 0.308 e. The molecule has 0 radical (unpaired) electrons. The molecule has 3 heterocycles. The standard InChI is InChI=1S/C22H31N3O4S2/c1-3-10-25-19-5-4-18(15-20(19)30-22(25)27)31(28,29)24-13-8-17(9-14-24)21(26)23-11-6-16(2)7-12-23/h4-5,15-17H,3,6-14H2,1-2H3. The van der Waals surface area contributed by atoms with Crippen LogP contribution in [0.25, 0.3) is 10.2 Å². The Balaban J connectivity index is 1.45. The fraction of sp³-hybridized carbons (Fsp3) is 0.636. The number of rotatable bonds is 5. The van der Waals surface area contributed by atoms with Crippen molar-refractivity contribution in [1.29, 1.82) is 0 Å². The van der Waals surface area contributed by atoms with Crippen molar-refractivity contribution in [2.75, 3.05) is 26.2 Å². The van der Waals surface area contributed by atoms with Gasteiger partial charge >= 0.3 is 4.87 Å². The van der Waals surface area contributed by atoms with Gasteiger partial charge in [0.05, 0.1) is 15.1 Å². The summed E-state index contributed by atoms with van der Waals surface area (Å²) in [6, 6.07) is 4.96. The molecule has 2 aromatic rings. The number of carbonyl (C=O) groups is 1. The molecular formula is C22H31N3O4S2. The lowest BCUT2D eigenvalue weighted by atomic mass is 9.93. The number of sulfonamides is 1. The first-order chi connectivity index (χ1) is 14.8. The normalized spacial score (nSPS) is 19.9. The van der Waals surface area contributed by atoms with Crippen LogP contribution in [0.5, 0.6) is 0 Å².